The van der Waals surface area contributed by atoms with Crippen molar-refractivity contribution >= 4 is 23.4 Å². The van der Waals surface area contributed by atoms with Crippen LogP contribution in [0.25, 0.3) is 0 Å². The average molecular weight is 432 g/mol. The number of hydrogen-bond donors (Lipinski definition) is 1. The van der Waals surface area contributed by atoms with Crippen LogP contribution >= 0.6 is 11.6 Å². The van der Waals surface area contributed by atoms with Crippen LogP contribution in [0.5, 0.6) is 5.75 Å². The van der Waals surface area contributed by atoms with E-state index < -0.39 is 5.91 Å². The zero-order chi connectivity index (χ0) is 21.8. The molecule has 2 aromatic carbocycles. The second kappa shape index (κ2) is 9.30. The first-order valence-electron chi connectivity index (χ1n) is 9.52. The lowest BCUT2D eigenvalue weighted by Gasteiger charge is -2.45. The summed E-state index contributed by atoms with van der Waals surface area (Å²) in [5.74, 6) is 1.46. The van der Waals surface area contributed by atoms with Crippen LogP contribution in [0, 0.1) is 5.82 Å². The van der Waals surface area contributed by atoms with Gasteiger partial charge in [-0.3, -0.25) is 9.69 Å². The summed E-state index contributed by atoms with van der Waals surface area (Å²) in [6.45, 7) is 5.14. The fourth-order valence-corrected chi connectivity index (χ4v) is 3.73. The largest absolute Gasteiger partial charge is 0.477 e. The van der Waals surface area contributed by atoms with Crippen molar-refractivity contribution < 1.29 is 18.7 Å². The number of piperazine rings is 1. The van der Waals surface area contributed by atoms with E-state index in [1.807, 2.05) is 23.6 Å². The fourth-order valence-electron chi connectivity index (χ4n) is 3.56. The van der Waals surface area contributed by atoms with Crippen LogP contribution < -0.4 is 10.5 Å². The molecule has 2 N–H and O–H groups in total. The summed E-state index contributed by atoms with van der Waals surface area (Å²) in [4.78, 5) is 27.4. The van der Waals surface area contributed by atoms with E-state index in [0.717, 1.165) is 5.56 Å². The van der Waals surface area contributed by atoms with Crippen molar-refractivity contribution in [2.45, 2.75) is 32.5 Å². The number of benzene rings is 2. The molecule has 0 bridgehead atoms. The standard InChI is InChI=1S/C22H23ClFN3O3/c1-14-10-26(13-30-21-8-5-17(23)9-19(21)22(25)29)15(2)20(12-28)27(14)11-16-3-6-18(24)7-4-16/h3-9,14-15H,10-11,13H2,1-2H3,(H2,25,29)/t14-,15+/m1/s1. The number of halogens is 2. The third-order valence-electron chi connectivity index (χ3n) is 5.25. The van der Waals surface area contributed by atoms with Crippen molar-refractivity contribution in [1.82, 2.24) is 9.80 Å². The fraction of sp³-hybridized carbons (Fsp3) is 0.318. The number of ether oxygens (including phenoxy) is 1. The molecule has 30 heavy (non-hydrogen) atoms. The van der Waals surface area contributed by atoms with Gasteiger partial charge < -0.3 is 15.4 Å². The minimum absolute atomic E-state index is 0.00729. The predicted octanol–water partition coefficient (Wildman–Crippen LogP) is 3.22. The molecule has 0 radical (unpaired) electrons. The summed E-state index contributed by atoms with van der Waals surface area (Å²) < 4.78 is 19.0. The molecule has 0 aromatic heterocycles. The highest BCUT2D eigenvalue weighted by Crippen LogP contribution is 2.27. The summed E-state index contributed by atoms with van der Waals surface area (Å²) in [6.07, 6.45) is 0. The number of primary amides is 1. The molecule has 1 saturated heterocycles. The highest BCUT2D eigenvalue weighted by atomic mass is 35.5. The first-order valence-corrected chi connectivity index (χ1v) is 9.90. The van der Waals surface area contributed by atoms with Crippen molar-refractivity contribution in [2.24, 2.45) is 5.73 Å². The molecule has 6 nitrogen and oxygen atoms in total. The van der Waals surface area contributed by atoms with E-state index in [9.17, 15) is 14.0 Å². The Kier molecular flexibility index (Phi) is 6.77. The Morgan fingerprint density at radius 3 is 2.60 bits per heavy atom. The SMILES string of the molecule is C[C@@H]1CN(COc2ccc(Cl)cc2C(N)=O)[C@@H](C)C(=C=O)N1Cc1ccc(F)cc1. The molecule has 158 valence electrons. The van der Waals surface area contributed by atoms with Crippen LogP contribution in [0.4, 0.5) is 4.39 Å². The summed E-state index contributed by atoms with van der Waals surface area (Å²) in [7, 11) is 0. The number of nitrogens with zero attached hydrogens (tertiary/aromatic N) is 2. The lowest BCUT2D eigenvalue weighted by atomic mass is 10.0. The topological polar surface area (TPSA) is 75.9 Å². The average Bonchev–Trinajstić information content (AvgIpc) is 2.71. The maximum absolute atomic E-state index is 13.2. The first-order chi connectivity index (χ1) is 14.3. The van der Waals surface area contributed by atoms with E-state index >= 15 is 0 Å². The maximum Gasteiger partial charge on any atom is 0.252 e. The van der Waals surface area contributed by atoms with Crippen molar-refractivity contribution in [2.75, 3.05) is 13.3 Å². The second-order valence-electron chi connectivity index (χ2n) is 7.32. The van der Waals surface area contributed by atoms with Crippen LogP contribution in [0.3, 0.4) is 0 Å². The van der Waals surface area contributed by atoms with Gasteiger partial charge in [-0.05, 0) is 49.7 Å². The Bertz CT molecular complexity index is 976. The van der Waals surface area contributed by atoms with E-state index in [-0.39, 0.29) is 30.2 Å². The lowest BCUT2D eigenvalue weighted by Crippen LogP contribution is -2.55. The van der Waals surface area contributed by atoms with Crippen molar-refractivity contribution in [3.05, 3.63) is 70.1 Å². The molecule has 0 unspecified atom stereocenters. The molecule has 1 aliphatic rings. The Labute approximate surface area is 179 Å². The van der Waals surface area contributed by atoms with E-state index in [1.165, 1.54) is 18.2 Å². The number of hydrogen-bond acceptors (Lipinski definition) is 5. The maximum atomic E-state index is 13.2. The number of carbonyl (C=O) groups is 1. The molecular formula is C22H23ClFN3O3. The van der Waals surface area contributed by atoms with Gasteiger partial charge in [0, 0.05) is 24.2 Å². The van der Waals surface area contributed by atoms with Gasteiger partial charge in [-0.25, -0.2) is 9.18 Å². The van der Waals surface area contributed by atoms with Gasteiger partial charge >= 0.3 is 0 Å². The molecule has 0 spiro atoms. The molecule has 1 aliphatic heterocycles. The molecular weight excluding hydrogens is 409 g/mol. The highest BCUT2D eigenvalue weighted by molar-refractivity contribution is 6.31. The van der Waals surface area contributed by atoms with Crippen molar-refractivity contribution in [3.8, 4) is 5.75 Å². The lowest BCUT2D eigenvalue weighted by molar-refractivity contribution is 0.0282. The van der Waals surface area contributed by atoms with E-state index in [0.29, 0.717) is 29.6 Å². The zero-order valence-electron chi connectivity index (χ0n) is 16.8. The van der Waals surface area contributed by atoms with Gasteiger partial charge in [-0.2, -0.15) is 0 Å². The number of amides is 1. The minimum atomic E-state index is -0.633. The molecule has 0 aliphatic carbocycles. The van der Waals surface area contributed by atoms with E-state index in [2.05, 4.69) is 5.94 Å². The Morgan fingerprint density at radius 1 is 1.27 bits per heavy atom. The van der Waals surface area contributed by atoms with Gasteiger partial charge in [0.25, 0.3) is 5.91 Å². The number of rotatable bonds is 6. The summed E-state index contributed by atoms with van der Waals surface area (Å²) >= 11 is 5.93. The number of carbonyl (C=O) groups excluding carboxylic acids is 2. The smallest absolute Gasteiger partial charge is 0.252 e. The zero-order valence-corrected chi connectivity index (χ0v) is 17.5. The Hall–Kier alpha value is -2.86. The Morgan fingerprint density at radius 2 is 1.97 bits per heavy atom. The summed E-state index contributed by atoms with van der Waals surface area (Å²) in [6, 6.07) is 10.6. The van der Waals surface area contributed by atoms with Crippen LogP contribution in [0.15, 0.2) is 48.2 Å². The van der Waals surface area contributed by atoms with Gasteiger partial charge in [0.2, 0.25) is 0 Å². The van der Waals surface area contributed by atoms with Gasteiger partial charge in [0.1, 0.15) is 29.9 Å². The van der Waals surface area contributed by atoms with Crippen molar-refractivity contribution in [1.29, 1.82) is 0 Å². The Balaban J connectivity index is 1.73. The normalized spacial score (nSPS) is 19.5. The van der Waals surface area contributed by atoms with E-state index in [4.69, 9.17) is 22.1 Å². The van der Waals surface area contributed by atoms with Gasteiger partial charge in [0.15, 0.2) is 0 Å². The van der Waals surface area contributed by atoms with Crippen molar-refractivity contribution in [3.63, 3.8) is 0 Å². The van der Waals surface area contributed by atoms with Crippen LogP contribution in [-0.2, 0) is 11.3 Å². The molecule has 8 heteroatoms. The van der Waals surface area contributed by atoms with Gasteiger partial charge in [0.05, 0.1) is 11.6 Å². The molecule has 1 heterocycles. The van der Waals surface area contributed by atoms with Crippen LogP contribution in [-0.4, -0.2) is 47.0 Å². The molecule has 2 atom stereocenters. The molecule has 3 rings (SSSR count). The summed E-state index contributed by atoms with van der Waals surface area (Å²) in [5.41, 5.74) is 7.00. The highest BCUT2D eigenvalue weighted by Gasteiger charge is 2.34. The third-order valence-corrected chi connectivity index (χ3v) is 5.48. The molecule has 0 saturated carbocycles. The molecule has 1 amide bonds. The minimum Gasteiger partial charge on any atom is -0.477 e. The molecule has 1 fully saturated rings. The van der Waals surface area contributed by atoms with Crippen LogP contribution in [0.2, 0.25) is 5.02 Å². The monoisotopic (exact) mass is 431 g/mol. The van der Waals surface area contributed by atoms with Gasteiger partial charge in [-0.1, -0.05) is 23.7 Å². The third kappa shape index (κ3) is 4.82. The van der Waals surface area contributed by atoms with Crippen LogP contribution in [0.1, 0.15) is 29.8 Å². The second-order valence-corrected chi connectivity index (χ2v) is 7.75. The van der Waals surface area contributed by atoms with Gasteiger partial charge in [-0.15, -0.1) is 0 Å². The number of nitrogens with two attached hydrogens (primary N) is 1. The predicted molar refractivity (Wildman–Crippen MR) is 112 cm³/mol. The first kappa shape index (κ1) is 21.8. The van der Waals surface area contributed by atoms with E-state index in [1.54, 1.807) is 24.3 Å². The summed E-state index contributed by atoms with van der Waals surface area (Å²) in [5, 5.41) is 0.388. The molecule has 2 aromatic rings. The quantitative estimate of drug-likeness (QED) is 0.711.